The second-order valence-electron chi connectivity index (χ2n) is 6.09. The molecule has 0 saturated heterocycles. The third kappa shape index (κ3) is 2.49. The molecule has 2 atom stereocenters. The minimum absolute atomic E-state index is 0.195. The number of hydrogen-bond donors (Lipinski definition) is 1. The smallest absolute Gasteiger partial charge is 0.139 e. The normalized spacial score (nSPS) is 19.6. The van der Waals surface area contributed by atoms with E-state index < -0.39 is 0 Å². The Labute approximate surface area is 139 Å². The molecule has 3 aromatic rings. The number of rotatable bonds is 2. The van der Waals surface area contributed by atoms with Gasteiger partial charge in [-0.15, -0.1) is 0 Å². The molecule has 122 valence electrons. The van der Waals surface area contributed by atoms with E-state index in [9.17, 15) is 4.39 Å². The van der Waals surface area contributed by atoms with Gasteiger partial charge in [-0.1, -0.05) is 24.3 Å². The molecule has 0 radical (unpaired) electrons. The highest BCUT2D eigenvalue weighted by Gasteiger charge is 2.29. The van der Waals surface area contributed by atoms with Gasteiger partial charge >= 0.3 is 0 Å². The second kappa shape index (κ2) is 5.80. The minimum Gasteiger partial charge on any atom is -0.497 e. The summed E-state index contributed by atoms with van der Waals surface area (Å²) in [5.74, 6) is 1.37. The molecule has 1 aliphatic rings. The number of hydrogen-bond acceptors (Lipinski definition) is 3. The topological polar surface area (TPSA) is 44.5 Å². The third-order valence-electron chi connectivity index (χ3n) is 4.58. The van der Waals surface area contributed by atoms with Gasteiger partial charge in [0.2, 0.25) is 0 Å². The molecular formula is C20H18FNO2. The highest BCUT2D eigenvalue weighted by molar-refractivity contribution is 5.89. The van der Waals surface area contributed by atoms with E-state index >= 15 is 0 Å². The molecule has 0 unspecified atom stereocenters. The fourth-order valence-electron chi connectivity index (χ4n) is 3.32. The third-order valence-corrected chi connectivity index (χ3v) is 4.58. The van der Waals surface area contributed by atoms with Gasteiger partial charge in [-0.3, -0.25) is 0 Å². The van der Waals surface area contributed by atoms with Crippen LogP contribution in [0.15, 0.2) is 54.6 Å². The standard InChI is InChI=1S/C20H18FNO2/c1-23-15-8-4-12-5-9-19-17(16(12)10-15)11-18(22)20(24-19)13-2-6-14(21)7-3-13/h2-10,18,20H,11,22H2,1H3/t18-,20+/m1/s1. The van der Waals surface area contributed by atoms with Crippen LogP contribution in [0.2, 0.25) is 0 Å². The molecule has 3 nitrogen and oxygen atoms in total. The van der Waals surface area contributed by atoms with E-state index in [2.05, 4.69) is 0 Å². The first-order valence-corrected chi connectivity index (χ1v) is 7.93. The van der Waals surface area contributed by atoms with Crippen molar-refractivity contribution >= 4 is 10.8 Å². The lowest BCUT2D eigenvalue weighted by Crippen LogP contribution is -2.37. The monoisotopic (exact) mass is 323 g/mol. The molecule has 0 amide bonds. The number of fused-ring (bicyclic) bond motifs is 3. The van der Waals surface area contributed by atoms with E-state index in [4.69, 9.17) is 15.2 Å². The first kappa shape index (κ1) is 15.0. The summed E-state index contributed by atoms with van der Waals surface area (Å²) in [5, 5.41) is 2.23. The van der Waals surface area contributed by atoms with Crippen molar-refractivity contribution < 1.29 is 13.9 Å². The zero-order valence-electron chi connectivity index (χ0n) is 13.3. The number of ether oxygens (including phenoxy) is 2. The molecule has 0 fully saturated rings. The molecule has 1 aliphatic heterocycles. The summed E-state index contributed by atoms with van der Waals surface area (Å²) in [5.41, 5.74) is 8.36. The Kier molecular flexibility index (Phi) is 3.62. The summed E-state index contributed by atoms with van der Waals surface area (Å²) >= 11 is 0. The maximum atomic E-state index is 13.2. The predicted molar refractivity (Wildman–Crippen MR) is 91.9 cm³/mol. The van der Waals surface area contributed by atoms with Crippen molar-refractivity contribution in [3.63, 3.8) is 0 Å². The van der Waals surface area contributed by atoms with Gasteiger partial charge in [0.05, 0.1) is 13.2 Å². The molecule has 1 heterocycles. The Morgan fingerprint density at radius 3 is 2.58 bits per heavy atom. The molecule has 0 aromatic heterocycles. The number of methoxy groups -OCH3 is 1. The van der Waals surface area contributed by atoms with Crippen molar-refractivity contribution in [1.29, 1.82) is 0 Å². The summed E-state index contributed by atoms with van der Waals surface area (Å²) < 4.78 is 24.6. The highest BCUT2D eigenvalue weighted by atomic mass is 19.1. The Morgan fingerprint density at radius 1 is 1.08 bits per heavy atom. The summed E-state index contributed by atoms with van der Waals surface area (Å²) in [6.45, 7) is 0. The fraction of sp³-hybridized carbons (Fsp3) is 0.200. The number of halogens is 1. The first-order chi connectivity index (χ1) is 11.7. The van der Waals surface area contributed by atoms with Gasteiger partial charge in [-0.05, 0) is 53.1 Å². The quantitative estimate of drug-likeness (QED) is 0.775. The Morgan fingerprint density at radius 2 is 1.83 bits per heavy atom. The summed E-state index contributed by atoms with van der Waals surface area (Å²) in [7, 11) is 1.66. The van der Waals surface area contributed by atoms with Crippen LogP contribution >= 0.6 is 0 Å². The SMILES string of the molecule is COc1ccc2ccc3c(c2c1)C[C@@H](N)[C@H](c1ccc(F)cc1)O3. The molecule has 2 N–H and O–H groups in total. The van der Waals surface area contributed by atoms with Crippen LogP contribution in [-0.2, 0) is 6.42 Å². The maximum absolute atomic E-state index is 13.2. The Balaban J connectivity index is 1.77. The summed E-state index contributed by atoms with van der Waals surface area (Å²) in [6, 6.07) is 16.1. The zero-order valence-corrected chi connectivity index (χ0v) is 13.3. The van der Waals surface area contributed by atoms with Crippen molar-refractivity contribution in [2.45, 2.75) is 18.6 Å². The molecule has 0 spiro atoms. The van der Waals surface area contributed by atoms with E-state index in [1.54, 1.807) is 19.2 Å². The minimum atomic E-state index is -0.277. The largest absolute Gasteiger partial charge is 0.497 e. The van der Waals surface area contributed by atoms with Crippen LogP contribution in [0.5, 0.6) is 11.5 Å². The average molecular weight is 323 g/mol. The molecule has 0 bridgehead atoms. The van der Waals surface area contributed by atoms with Crippen molar-refractivity contribution in [3.05, 3.63) is 71.5 Å². The van der Waals surface area contributed by atoms with Gasteiger partial charge in [-0.25, -0.2) is 4.39 Å². The molecule has 0 aliphatic carbocycles. The van der Waals surface area contributed by atoms with Gasteiger partial charge in [0.15, 0.2) is 0 Å². The van der Waals surface area contributed by atoms with Gasteiger partial charge in [0.25, 0.3) is 0 Å². The van der Waals surface area contributed by atoms with E-state index in [0.29, 0.717) is 6.42 Å². The Hall–Kier alpha value is -2.59. The summed E-state index contributed by atoms with van der Waals surface area (Å²) in [6.07, 6.45) is 0.420. The van der Waals surface area contributed by atoms with Gasteiger partial charge in [-0.2, -0.15) is 0 Å². The maximum Gasteiger partial charge on any atom is 0.139 e. The molecule has 4 rings (SSSR count). The van der Waals surface area contributed by atoms with Crippen LogP contribution in [0.25, 0.3) is 10.8 Å². The van der Waals surface area contributed by atoms with E-state index in [1.165, 1.54) is 12.1 Å². The van der Waals surface area contributed by atoms with Gasteiger partial charge < -0.3 is 15.2 Å². The summed E-state index contributed by atoms with van der Waals surface area (Å²) in [4.78, 5) is 0. The van der Waals surface area contributed by atoms with Crippen molar-refractivity contribution in [2.24, 2.45) is 5.73 Å². The number of nitrogens with two attached hydrogens (primary N) is 1. The lowest BCUT2D eigenvalue weighted by molar-refractivity contribution is 0.154. The molecule has 24 heavy (non-hydrogen) atoms. The highest BCUT2D eigenvalue weighted by Crippen LogP contribution is 2.39. The predicted octanol–water partition coefficient (Wildman–Crippen LogP) is 3.99. The average Bonchev–Trinajstić information content (AvgIpc) is 2.61. The number of benzene rings is 3. The van der Waals surface area contributed by atoms with E-state index in [0.717, 1.165) is 33.4 Å². The van der Waals surface area contributed by atoms with Gasteiger partial charge in [0, 0.05) is 5.56 Å². The molecular weight excluding hydrogens is 305 g/mol. The molecule has 4 heteroatoms. The van der Waals surface area contributed by atoms with Crippen LogP contribution in [0.4, 0.5) is 4.39 Å². The van der Waals surface area contributed by atoms with Crippen LogP contribution in [0.1, 0.15) is 17.2 Å². The van der Waals surface area contributed by atoms with E-state index in [-0.39, 0.29) is 18.0 Å². The second-order valence-corrected chi connectivity index (χ2v) is 6.09. The fourth-order valence-corrected chi connectivity index (χ4v) is 3.32. The van der Waals surface area contributed by atoms with E-state index in [1.807, 2.05) is 30.3 Å². The van der Waals surface area contributed by atoms with Crippen LogP contribution < -0.4 is 15.2 Å². The lowest BCUT2D eigenvalue weighted by atomic mass is 9.90. The molecule has 3 aromatic carbocycles. The Bertz CT molecular complexity index is 892. The first-order valence-electron chi connectivity index (χ1n) is 7.93. The van der Waals surface area contributed by atoms with Crippen LogP contribution in [0.3, 0.4) is 0 Å². The van der Waals surface area contributed by atoms with Crippen molar-refractivity contribution in [3.8, 4) is 11.5 Å². The van der Waals surface area contributed by atoms with Crippen LogP contribution in [-0.4, -0.2) is 13.2 Å². The molecule has 0 saturated carbocycles. The van der Waals surface area contributed by atoms with Crippen LogP contribution in [0, 0.1) is 5.82 Å². The van der Waals surface area contributed by atoms with Crippen molar-refractivity contribution in [1.82, 2.24) is 0 Å². The lowest BCUT2D eigenvalue weighted by Gasteiger charge is -2.32. The van der Waals surface area contributed by atoms with Gasteiger partial charge in [0.1, 0.15) is 23.4 Å². The van der Waals surface area contributed by atoms with Crippen molar-refractivity contribution in [2.75, 3.05) is 7.11 Å². The zero-order chi connectivity index (χ0) is 16.7.